The van der Waals surface area contributed by atoms with Crippen molar-refractivity contribution in [3.8, 4) is 0 Å². The Morgan fingerprint density at radius 2 is 1.97 bits per heavy atom. The maximum atomic E-state index is 12.6. The van der Waals surface area contributed by atoms with E-state index >= 15 is 0 Å². The summed E-state index contributed by atoms with van der Waals surface area (Å²) in [6, 6.07) is 19.5. The van der Waals surface area contributed by atoms with Crippen LogP contribution in [0.15, 0.2) is 88.8 Å². The summed E-state index contributed by atoms with van der Waals surface area (Å²) >= 11 is 1.55. The van der Waals surface area contributed by atoms with Crippen LogP contribution < -0.4 is 5.32 Å². The average Bonchev–Trinajstić information content (AvgIpc) is 3.19. The van der Waals surface area contributed by atoms with Crippen molar-refractivity contribution in [1.82, 2.24) is 20.5 Å². The average molecular weight is 427 g/mol. The SMILES string of the molecule is C=C(C)CNC(=O)c1ccccc1Sc1ccc2c(C=Cc3ccccn3)n[nH]c2c1. The molecule has 1 amide bonds. The fraction of sp³-hybridized carbons (Fsp3) is 0.0800. The lowest BCUT2D eigenvalue weighted by Gasteiger charge is -2.10. The number of fused-ring (bicyclic) bond motifs is 1. The van der Waals surface area contributed by atoms with Crippen molar-refractivity contribution in [1.29, 1.82) is 0 Å². The number of aromatic nitrogens is 3. The molecule has 4 rings (SSSR count). The van der Waals surface area contributed by atoms with Crippen LogP contribution in [0.2, 0.25) is 0 Å². The standard InChI is InChI=1S/C25H22N4OS/c1-17(2)16-27-25(30)21-8-3-4-9-24(21)31-19-11-12-20-22(28-29-23(20)15-19)13-10-18-7-5-6-14-26-18/h3-15H,1,16H2,2H3,(H,27,30)(H,28,29). The molecule has 2 heterocycles. The van der Waals surface area contributed by atoms with Gasteiger partial charge in [-0.25, -0.2) is 0 Å². The van der Waals surface area contributed by atoms with Crippen LogP contribution in [0.3, 0.4) is 0 Å². The monoisotopic (exact) mass is 426 g/mol. The molecule has 0 fully saturated rings. The molecule has 6 heteroatoms. The third-order valence-electron chi connectivity index (χ3n) is 4.57. The number of hydrogen-bond donors (Lipinski definition) is 2. The Hall–Kier alpha value is -3.64. The maximum absolute atomic E-state index is 12.6. The minimum atomic E-state index is -0.101. The van der Waals surface area contributed by atoms with Gasteiger partial charge in [-0.05, 0) is 61.5 Å². The summed E-state index contributed by atoms with van der Waals surface area (Å²) in [5, 5.41) is 11.5. The van der Waals surface area contributed by atoms with E-state index in [1.165, 1.54) is 0 Å². The number of H-pyrrole nitrogens is 1. The molecule has 0 unspecified atom stereocenters. The van der Waals surface area contributed by atoms with Crippen LogP contribution >= 0.6 is 11.8 Å². The first-order valence-corrected chi connectivity index (χ1v) is 10.7. The van der Waals surface area contributed by atoms with E-state index in [-0.39, 0.29) is 5.91 Å². The Kier molecular flexibility index (Phi) is 6.29. The number of nitrogens with one attached hydrogen (secondary N) is 2. The zero-order valence-electron chi connectivity index (χ0n) is 17.1. The topological polar surface area (TPSA) is 70.7 Å². The summed E-state index contributed by atoms with van der Waals surface area (Å²) in [6.07, 6.45) is 5.66. The van der Waals surface area contributed by atoms with Crippen molar-refractivity contribution in [2.75, 3.05) is 6.54 Å². The lowest BCUT2D eigenvalue weighted by molar-refractivity contribution is 0.0954. The molecule has 0 aliphatic carbocycles. The van der Waals surface area contributed by atoms with E-state index in [1.807, 2.05) is 79.7 Å². The highest BCUT2D eigenvalue weighted by Gasteiger charge is 2.12. The Labute approximate surface area is 185 Å². The summed E-state index contributed by atoms with van der Waals surface area (Å²) in [7, 11) is 0. The van der Waals surface area contributed by atoms with E-state index in [2.05, 4.69) is 27.1 Å². The molecule has 0 saturated heterocycles. The number of rotatable bonds is 7. The van der Waals surface area contributed by atoms with Crippen molar-refractivity contribution in [2.45, 2.75) is 16.7 Å². The number of carbonyl (C=O) groups excluding carboxylic acids is 1. The first-order valence-electron chi connectivity index (χ1n) is 9.87. The molecule has 0 aliphatic rings. The molecule has 0 atom stereocenters. The highest BCUT2D eigenvalue weighted by atomic mass is 32.2. The number of nitrogens with zero attached hydrogens (tertiary/aromatic N) is 2. The van der Waals surface area contributed by atoms with Gasteiger partial charge >= 0.3 is 0 Å². The van der Waals surface area contributed by atoms with Crippen LogP contribution in [-0.4, -0.2) is 27.6 Å². The first-order chi connectivity index (χ1) is 15.1. The highest BCUT2D eigenvalue weighted by Crippen LogP contribution is 2.32. The largest absolute Gasteiger partial charge is 0.348 e. The predicted molar refractivity (Wildman–Crippen MR) is 127 cm³/mol. The molecule has 31 heavy (non-hydrogen) atoms. The van der Waals surface area contributed by atoms with Gasteiger partial charge in [0.2, 0.25) is 0 Å². The Balaban J connectivity index is 1.55. The minimum absolute atomic E-state index is 0.101. The second-order valence-corrected chi connectivity index (χ2v) is 8.26. The van der Waals surface area contributed by atoms with Gasteiger partial charge in [0.15, 0.2) is 0 Å². The number of aromatic amines is 1. The lowest BCUT2D eigenvalue weighted by Crippen LogP contribution is -2.25. The summed E-state index contributed by atoms with van der Waals surface area (Å²) in [4.78, 5) is 18.8. The maximum Gasteiger partial charge on any atom is 0.252 e. The molecular formula is C25H22N4OS. The third-order valence-corrected chi connectivity index (χ3v) is 5.64. The van der Waals surface area contributed by atoms with Gasteiger partial charge in [-0.2, -0.15) is 5.10 Å². The van der Waals surface area contributed by atoms with Crippen LogP contribution in [0.1, 0.15) is 28.7 Å². The van der Waals surface area contributed by atoms with Crippen molar-refractivity contribution in [3.63, 3.8) is 0 Å². The number of benzene rings is 2. The normalized spacial score (nSPS) is 11.1. The summed E-state index contributed by atoms with van der Waals surface area (Å²) < 4.78 is 0. The molecule has 0 spiro atoms. The van der Waals surface area contributed by atoms with E-state index in [0.29, 0.717) is 12.1 Å². The molecule has 0 aliphatic heterocycles. The Bertz CT molecular complexity index is 1260. The van der Waals surface area contributed by atoms with Crippen molar-refractivity contribution in [3.05, 3.63) is 96.0 Å². The number of carbonyl (C=O) groups is 1. The zero-order chi connectivity index (χ0) is 21.6. The smallest absolute Gasteiger partial charge is 0.252 e. The van der Waals surface area contributed by atoms with Gasteiger partial charge in [0.05, 0.1) is 22.5 Å². The van der Waals surface area contributed by atoms with Crippen LogP contribution in [0.25, 0.3) is 23.1 Å². The molecular weight excluding hydrogens is 404 g/mol. The molecule has 4 aromatic rings. The summed E-state index contributed by atoms with van der Waals surface area (Å²) in [6.45, 7) is 6.19. The van der Waals surface area contributed by atoms with E-state index in [9.17, 15) is 4.79 Å². The molecule has 2 aromatic heterocycles. The van der Waals surface area contributed by atoms with Crippen molar-refractivity contribution in [2.24, 2.45) is 0 Å². The van der Waals surface area contributed by atoms with Crippen LogP contribution in [0, 0.1) is 0 Å². The quantitative estimate of drug-likeness (QED) is 0.378. The first kappa shape index (κ1) is 20.6. The summed E-state index contributed by atoms with van der Waals surface area (Å²) in [5.74, 6) is -0.101. The van der Waals surface area contributed by atoms with E-state index < -0.39 is 0 Å². The molecule has 0 saturated carbocycles. The highest BCUT2D eigenvalue weighted by molar-refractivity contribution is 7.99. The third kappa shape index (κ3) is 5.10. The molecule has 2 aromatic carbocycles. The number of amides is 1. The van der Waals surface area contributed by atoms with Crippen LogP contribution in [0.4, 0.5) is 0 Å². The number of pyridine rings is 1. The van der Waals surface area contributed by atoms with Gasteiger partial charge in [0.1, 0.15) is 0 Å². The minimum Gasteiger partial charge on any atom is -0.348 e. The van der Waals surface area contributed by atoms with Crippen molar-refractivity contribution < 1.29 is 4.79 Å². The van der Waals surface area contributed by atoms with Gasteiger partial charge in [0, 0.05) is 27.9 Å². The van der Waals surface area contributed by atoms with E-state index in [4.69, 9.17) is 0 Å². The molecule has 5 nitrogen and oxygen atoms in total. The molecule has 154 valence electrons. The zero-order valence-corrected chi connectivity index (χ0v) is 17.9. The van der Waals surface area contributed by atoms with E-state index in [0.717, 1.165) is 37.7 Å². The molecule has 0 radical (unpaired) electrons. The van der Waals surface area contributed by atoms with Gasteiger partial charge in [0.25, 0.3) is 5.91 Å². The fourth-order valence-electron chi connectivity index (χ4n) is 3.05. The number of hydrogen-bond acceptors (Lipinski definition) is 4. The fourth-order valence-corrected chi connectivity index (χ4v) is 4.03. The second kappa shape index (κ2) is 9.45. The molecule has 2 N–H and O–H groups in total. The van der Waals surface area contributed by atoms with Crippen LogP contribution in [0.5, 0.6) is 0 Å². The lowest BCUT2D eigenvalue weighted by atomic mass is 10.2. The van der Waals surface area contributed by atoms with Gasteiger partial charge in [-0.1, -0.05) is 42.1 Å². The van der Waals surface area contributed by atoms with E-state index in [1.54, 1.807) is 18.0 Å². The molecule has 0 bridgehead atoms. The van der Waals surface area contributed by atoms with Crippen molar-refractivity contribution >= 4 is 40.7 Å². The predicted octanol–water partition coefficient (Wildman–Crippen LogP) is 5.59. The van der Waals surface area contributed by atoms with Gasteiger partial charge in [-0.3, -0.25) is 14.9 Å². The van der Waals surface area contributed by atoms with Crippen LogP contribution in [-0.2, 0) is 0 Å². The Morgan fingerprint density at radius 3 is 2.77 bits per heavy atom. The second-order valence-electron chi connectivity index (χ2n) is 7.14. The Morgan fingerprint density at radius 1 is 1.13 bits per heavy atom. The summed E-state index contributed by atoms with van der Waals surface area (Å²) in [5.41, 5.74) is 4.24. The van der Waals surface area contributed by atoms with Gasteiger partial charge < -0.3 is 5.32 Å². The van der Waals surface area contributed by atoms with Gasteiger partial charge in [-0.15, -0.1) is 0 Å².